The molecule has 0 aliphatic rings. The van der Waals surface area contributed by atoms with Crippen LogP contribution in [-0.4, -0.2) is 65.9 Å². The maximum absolute atomic E-state index is 14.8. The highest BCUT2D eigenvalue weighted by atomic mass is 16.6. The zero-order valence-electron chi connectivity index (χ0n) is 27.8. The van der Waals surface area contributed by atoms with Crippen molar-refractivity contribution < 1.29 is 29.0 Å². The topological polar surface area (TPSA) is 142 Å². The van der Waals surface area contributed by atoms with Crippen LogP contribution in [0.3, 0.4) is 0 Å². The number of aryl methyl sites for hydroxylation is 1. The number of ether oxygens (including phenoxy) is 2. The molecule has 0 bridgehead atoms. The van der Waals surface area contributed by atoms with Gasteiger partial charge in [0.25, 0.3) is 5.91 Å². The highest BCUT2D eigenvalue weighted by molar-refractivity contribution is 6.04. The number of alkyl carbamates (subject to hydrolysis) is 2. The summed E-state index contributed by atoms with van der Waals surface area (Å²) in [5, 5.41) is 19.2. The number of nitrogens with one attached hydrogen (secondary N) is 3. The van der Waals surface area contributed by atoms with Crippen LogP contribution in [0.5, 0.6) is 0 Å². The van der Waals surface area contributed by atoms with Crippen molar-refractivity contribution in [3.8, 4) is 11.3 Å². The molecule has 0 saturated heterocycles. The van der Waals surface area contributed by atoms with Crippen LogP contribution in [0.25, 0.3) is 11.3 Å². The number of amides is 3. The Morgan fingerprint density at radius 1 is 0.870 bits per heavy atom. The minimum atomic E-state index is -2.02. The van der Waals surface area contributed by atoms with E-state index in [4.69, 9.17) is 9.47 Å². The quantitative estimate of drug-likeness (QED) is 0.198. The number of benzene rings is 2. The molecule has 0 unspecified atom stereocenters. The lowest BCUT2D eigenvalue weighted by molar-refractivity contribution is -0.131. The first-order valence-corrected chi connectivity index (χ1v) is 15.3. The number of aliphatic hydroxyl groups is 1. The molecule has 3 aromatic rings. The molecule has 4 N–H and O–H groups in total. The number of nitrogens with zero attached hydrogens (tertiary/aromatic N) is 2. The van der Waals surface area contributed by atoms with Gasteiger partial charge >= 0.3 is 12.2 Å². The second-order valence-corrected chi connectivity index (χ2v) is 13.0. The van der Waals surface area contributed by atoms with E-state index in [1.807, 2.05) is 60.7 Å². The lowest BCUT2D eigenvalue weighted by atomic mass is 9.79. The molecule has 0 spiro atoms. The molecule has 11 heteroatoms. The Labute approximate surface area is 271 Å². The van der Waals surface area contributed by atoms with Crippen molar-refractivity contribution in [2.75, 3.05) is 25.2 Å². The largest absolute Gasteiger partial charge is 0.453 e. The van der Waals surface area contributed by atoms with Gasteiger partial charge in [-0.15, -0.1) is 0 Å². The Morgan fingerprint density at radius 3 is 2.07 bits per heavy atom. The van der Waals surface area contributed by atoms with Crippen LogP contribution in [0.15, 0.2) is 79.0 Å². The number of carbonyl (C=O) groups is 3. The van der Waals surface area contributed by atoms with Gasteiger partial charge in [-0.2, -0.15) is 0 Å². The van der Waals surface area contributed by atoms with Gasteiger partial charge in [0, 0.05) is 29.4 Å². The fraction of sp³-hybridized carbons (Fsp3) is 0.429. The van der Waals surface area contributed by atoms with Gasteiger partial charge in [-0.3, -0.25) is 30.6 Å². The van der Waals surface area contributed by atoms with Crippen LogP contribution in [0, 0.1) is 5.41 Å². The first kappa shape index (κ1) is 36.0. The number of hydrogen-bond donors (Lipinski definition) is 4. The van der Waals surface area contributed by atoms with E-state index in [0.717, 1.165) is 16.8 Å². The third kappa shape index (κ3) is 10.0. The predicted molar refractivity (Wildman–Crippen MR) is 178 cm³/mol. The maximum atomic E-state index is 14.8. The van der Waals surface area contributed by atoms with Gasteiger partial charge in [0.15, 0.2) is 0 Å². The monoisotopic (exact) mass is 633 g/mol. The molecule has 46 heavy (non-hydrogen) atoms. The second-order valence-electron chi connectivity index (χ2n) is 13.0. The third-order valence-electron chi connectivity index (χ3n) is 7.25. The number of aliphatic hydroxyl groups excluding tert-OH is 1. The third-order valence-corrected chi connectivity index (χ3v) is 7.25. The van der Waals surface area contributed by atoms with Gasteiger partial charge in [0.2, 0.25) is 5.66 Å². The summed E-state index contributed by atoms with van der Waals surface area (Å²) in [5.74, 6) is -0.659. The summed E-state index contributed by atoms with van der Waals surface area (Å²) in [7, 11) is 1.17. The molecule has 3 rings (SSSR count). The molecule has 1 heterocycles. The summed E-state index contributed by atoms with van der Waals surface area (Å²) in [5.41, 5.74) is -0.796. The van der Waals surface area contributed by atoms with Crippen molar-refractivity contribution in [2.45, 2.75) is 71.8 Å². The van der Waals surface area contributed by atoms with E-state index in [1.165, 1.54) is 12.0 Å². The van der Waals surface area contributed by atoms with Crippen LogP contribution < -0.4 is 20.9 Å². The summed E-state index contributed by atoms with van der Waals surface area (Å²) >= 11 is 0. The van der Waals surface area contributed by atoms with Gasteiger partial charge in [-0.1, -0.05) is 69.3 Å². The SMILES string of the molecule is COC(=O)N[C@](NC(=O)OC(C)(C)C)(C(=O)N(CNC[C@@H](O)CCc1ccccc1)c1ccc(-c2ccccn2)cc1)C(C)(C)C. The van der Waals surface area contributed by atoms with Crippen molar-refractivity contribution >= 4 is 23.8 Å². The molecule has 0 fully saturated rings. The fourth-order valence-corrected chi connectivity index (χ4v) is 4.75. The molecular weight excluding hydrogens is 586 g/mol. The average molecular weight is 634 g/mol. The highest BCUT2D eigenvalue weighted by Crippen LogP contribution is 2.33. The van der Waals surface area contributed by atoms with E-state index in [1.54, 1.807) is 59.9 Å². The standard InChI is InChI=1S/C35H47N5O6/c1-33(2,3)35(38-31(43)45-7,39-32(44)46-34(4,5)6)30(42)40(24-36-23-28(41)21-16-25-13-9-8-10-14-25)27-19-17-26(18-20-27)29-15-11-12-22-37-29/h8-15,17-20,22,28,36,41H,16,21,23-24H2,1-7H3,(H,38,43)(H,39,44)/t28-,35-/m0/s1. The van der Waals surface area contributed by atoms with E-state index in [-0.39, 0.29) is 13.2 Å². The van der Waals surface area contributed by atoms with E-state index in [9.17, 15) is 19.5 Å². The molecule has 2 atom stereocenters. The van der Waals surface area contributed by atoms with Crippen LogP contribution in [0.1, 0.15) is 53.5 Å². The summed E-state index contributed by atoms with van der Waals surface area (Å²) in [4.78, 5) is 46.5. The Morgan fingerprint density at radius 2 is 1.50 bits per heavy atom. The van der Waals surface area contributed by atoms with E-state index < -0.39 is 40.9 Å². The molecule has 3 amide bonds. The Hall–Kier alpha value is -4.48. The smallest absolute Gasteiger partial charge is 0.409 e. The van der Waals surface area contributed by atoms with Gasteiger partial charge in [-0.25, -0.2) is 9.59 Å². The number of rotatable bonds is 12. The fourth-order valence-electron chi connectivity index (χ4n) is 4.75. The van der Waals surface area contributed by atoms with Crippen LogP contribution in [0.2, 0.25) is 0 Å². The van der Waals surface area contributed by atoms with E-state index in [0.29, 0.717) is 18.5 Å². The van der Waals surface area contributed by atoms with Crippen LogP contribution >= 0.6 is 0 Å². The van der Waals surface area contributed by atoms with Crippen molar-refractivity contribution in [1.29, 1.82) is 0 Å². The first-order chi connectivity index (χ1) is 21.6. The zero-order valence-corrected chi connectivity index (χ0v) is 27.8. The van der Waals surface area contributed by atoms with Gasteiger partial charge in [0.1, 0.15) is 5.60 Å². The van der Waals surface area contributed by atoms with Gasteiger partial charge in [-0.05, 0) is 63.4 Å². The van der Waals surface area contributed by atoms with E-state index in [2.05, 4.69) is 20.9 Å². The van der Waals surface area contributed by atoms with Crippen molar-refractivity contribution in [2.24, 2.45) is 5.41 Å². The predicted octanol–water partition coefficient (Wildman–Crippen LogP) is 5.25. The Kier molecular flexibility index (Phi) is 12.3. The van der Waals surface area contributed by atoms with Crippen molar-refractivity contribution in [3.63, 3.8) is 0 Å². The number of carbonyl (C=O) groups excluding carboxylic acids is 3. The number of hydrogen-bond acceptors (Lipinski definition) is 8. The van der Waals surface area contributed by atoms with Gasteiger partial charge in [0.05, 0.1) is 25.6 Å². The summed E-state index contributed by atoms with van der Waals surface area (Å²) < 4.78 is 10.4. The highest BCUT2D eigenvalue weighted by Gasteiger charge is 2.54. The maximum Gasteiger partial charge on any atom is 0.409 e. The molecule has 2 aromatic carbocycles. The molecule has 11 nitrogen and oxygen atoms in total. The average Bonchev–Trinajstić information content (AvgIpc) is 3.01. The lowest BCUT2D eigenvalue weighted by Gasteiger charge is -2.46. The number of pyridine rings is 1. The van der Waals surface area contributed by atoms with Gasteiger partial charge < -0.3 is 14.6 Å². The molecule has 0 radical (unpaired) electrons. The molecular formula is C35H47N5O6. The van der Waals surface area contributed by atoms with Crippen molar-refractivity contribution in [3.05, 3.63) is 84.6 Å². The van der Waals surface area contributed by atoms with Crippen molar-refractivity contribution in [1.82, 2.24) is 20.9 Å². The van der Waals surface area contributed by atoms with E-state index >= 15 is 0 Å². The zero-order chi connectivity index (χ0) is 34.0. The molecule has 0 aliphatic heterocycles. The minimum Gasteiger partial charge on any atom is -0.453 e. The lowest BCUT2D eigenvalue weighted by Crippen LogP contribution is -2.75. The molecule has 0 aliphatic carbocycles. The van der Waals surface area contributed by atoms with Crippen LogP contribution in [0.4, 0.5) is 15.3 Å². The first-order valence-electron chi connectivity index (χ1n) is 15.3. The summed E-state index contributed by atoms with van der Waals surface area (Å²) in [6, 6.07) is 22.7. The van der Waals surface area contributed by atoms with Crippen LogP contribution in [-0.2, 0) is 20.7 Å². The second kappa shape index (κ2) is 15.7. The molecule has 248 valence electrons. The Balaban J connectivity index is 1.97. The number of aromatic nitrogens is 1. The summed E-state index contributed by atoms with van der Waals surface area (Å²) in [6.07, 6.45) is 0.391. The number of anilines is 1. The normalized spacial score (nSPS) is 13.6. The molecule has 0 saturated carbocycles. The summed E-state index contributed by atoms with van der Waals surface area (Å²) in [6.45, 7) is 10.4. The minimum absolute atomic E-state index is 0.0547. The Bertz CT molecular complexity index is 1420. The molecule has 1 aromatic heterocycles. The number of methoxy groups -OCH3 is 1.